The lowest BCUT2D eigenvalue weighted by Crippen LogP contribution is -2.51. The van der Waals surface area contributed by atoms with E-state index in [0.29, 0.717) is 0 Å². The third-order valence-corrected chi connectivity index (χ3v) is 7.96. The molecule has 0 saturated heterocycles. The van der Waals surface area contributed by atoms with Gasteiger partial charge in [0.15, 0.2) is 0 Å². The van der Waals surface area contributed by atoms with Crippen molar-refractivity contribution >= 4 is 20.4 Å². The van der Waals surface area contributed by atoms with Gasteiger partial charge in [0.05, 0.1) is 6.61 Å². The summed E-state index contributed by atoms with van der Waals surface area (Å²) in [6.07, 6.45) is -0.585. The molecule has 0 rings (SSSR count). The van der Waals surface area contributed by atoms with Crippen LogP contribution in [0.15, 0.2) is 0 Å². The maximum Gasteiger partial charge on any atom is 0.407 e. The Bertz CT molecular complexity index is 348. The van der Waals surface area contributed by atoms with E-state index in [9.17, 15) is 9.59 Å². The summed E-state index contributed by atoms with van der Waals surface area (Å²) >= 11 is 0. The summed E-state index contributed by atoms with van der Waals surface area (Å²) in [4.78, 5) is 23.8. The molecule has 0 bridgehead atoms. The largest absolute Gasteiger partial charge is 0.518 e. The van der Waals surface area contributed by atoms with Crippen molar-refractivity contribution in [2.75, 3.05) is 6.61 Å². The standard InChI is InChI=1S/C14H29NO4Si/c1-9-18-13(17)15-11(10(2)3)12(16)19-20(7,8)14(4,5)6/h10-11H,9H2,1-8H3,(H,15,17). The molecule has 0 aromatic rings. The van der Waals surface area contributed by atoms with Gasteiger partial charge in [0.1, 0.15) is 6.04 Å². The molecular formula is C14H29NO4Si. The Balaban J connectivity index is 4.88. The van der Waals surface area contributed by atoms with Gasteiger partial charge in [-0.05, 0) is 31.0 Å². The smallest absolute Gasteiger partial charge is 0.407 e. The van der Waals surface area contributed by atoms with E-state index >= 15 is 0 Å². The molecule has 0 saturated carbocycles. The molecule has 0 heterocycles. The van der Waals surface area contributed by atoms with E-state index in [1.54, 1.807) is 6.92 Å². The van der Waals surface area contributed by atoms with Crippen molar-refractivity contribution in [1.82, 2.24) is 5.32 Å². The Kier molecular flexibility index (Phi) is 6.73. The molecule has 1 amide bonds. The molecule has 1 atom stereocenters. The second kappa shape index (κ2) is 7.11. The number of carbonyl (C=O) groups is 2. The van der Waals surface area contributed by atoms with Gasteiger partial charge in [0, 0.05) is 0 Å². The van der Waals surface area contributed by atoms with Crippen LogP contribution in [0.3, 0.4) is 0 Å². The summed E-state index contributed by atoms with van der Waals surface area (Å²) in [5.74, 6) is -0.434. The Hall–Kier alpha value is -1.04. The van der Waals surface area contributed by atoms with Crippen LogP contribution in [0, 0.1) is 5.92 Å². The number of ether oxygens (including phenoxy) is 1. The minimum atomic E-state index is -2.19. The zero-order valence-electron chi connectivity index (χ0n) is 14.0. The van der Waals surface area contributed by atoms with Crippen LogP contribution in [-0.2, 0) is 14.0 Å². The Labute approximate surface area is 123 Å². The lowest BCUT2D eigenvalue weighted by molar-refractivity contribution is -0.138. The number of amides is 1. The van der Waals surface area contributed by atoms with E-state index in [1.165, 1.54) is 0 Å². The first-order valence-electron chi connectivity index (χ1n) is 7.08. The fourth-order valence-corrected chi connectivity index (χ4v) is 2.20. The van der Waals surface area contributed by atoms with Crippen molar-refractivity contribution in [3.05, 3.63) is 0 Å². The fourth-order valence-electron chi connectivity index (χ4n) is 1.27. The van der Waals surface area contributed by atoms with Crippen LogP contribution < -0.4 is 5.32 Å². The molecule has 1 N–H and O–H groups in total. The van der Waals surface area contributed by atoms with E-state index in [1.807, 2.05) is 26.9 Å². The highest BCUT2D eigenvalue weighted by molar-refractivity contribution is 6.75. The third kappa shape index (κ3) is 5.52. The zero-order chi connectivity index (χ0) is 16.1. The van der Waals surface area contributed by atoms with Gasteiger partial charge in [-0.25, -0.2) is 4.79 Å². The second-order valence-corrected chi connectivity index (χ2v) is 11.5. The molecule has 0 aromatic carbocycles. The van der Waals surface area contributed by atoms with Crippen LogP contribution in [0.25, 0.3) is 0 Å². The zero-order valence-corrected chi connectivity index (χ0v) is 15.0. The van der Waals surface area contributed by atoms with E-state index in [0.717, 1.165) is 0 Å². The predicted molar refractivity (Wildman–Crippen MR) is 82.1 cm³/mol. The van der Waals surface area contributed by atoms with Crippen LogP contribution in [0.4, 0.5) is 4.79 Å². The van der Waals surface area contributed by atoms with Crippen molar-refractivity contribution < 1.29 is 18.8 Å². The topological polar surface area (TPSA) is 64.6 Å². The molecule has 0 aliphatic rings. The summed E-state index contributed by atoms with van der Waals surface area (Å²) in [6.45, 7) is 15.9. The van der Waals surface area contributed by atoms with Gasteiger partial charge in [-0.1, -0.05) is 34.6 Å². The van der Waals surface area contributed by atoms with Crippen molar-refractivity contribution in [3.63, 3.8) is 0 Å². The van der Waals surface area contributed by atoms with E-state index in [-0.39, 0.29) is 23.5 Å². The Morgan fingerprint density at radius 2 is 1.70 bits per heavy atom. The summed E-state index contributed by atoms with van der Waals surface area (Å²) in [5, 5.41) is 2.52. The Morgan fingerprint density at radius 3 is 2.05 bits per heavy atom. The molecule has 118 valence electrons. The summed E-state index contributed by atoms with van der Waals surface area (Å²) in [5.41, 5.74) is 0. The number of hydrogen-bond acceptors (Lipinski definition) is 4. The molecule has 0 radical (unpaired) electrons. The molecule has 0 aliphatic carbocycles. The number of hydrogen-bond donors (Lipinski definition) is 1. The van der Waals surface area contributed by atoms with E-state index < -0.39 is 20.5 Å². The van der Waals surface area contributed by atoms with Crippen molar-refractivity contribution in [3.8, 4) is 0 Å². The Morgan fingerprint density at radius 1 is 1.20 bits per heavy atom. The van der Waals surface area contributed by atoms with Crippen molar-refractivity contribution in [2.45, 2.75) is 65.7 Å². The first-order valence-corrected chi connectivity index (χ1v) is 9.99. The van der Waals surface area contributed by atoms with Crippen LogP contribution >= 0.6 is 0 Å². The van der Waals surface area contributed by atoms with Gasteiger partial charge in [-0.2, -0.15) is 0 Å². The third-order valence-electron chi connectivity index (χ3n) is 3.63. The number of alkyl carbamates (subject to hydrolysis) is 1. The summed E-state index contributed by atoms with van der Waals surface area (Å²) < 4.78 is 10.6. The molecule has 0 fully saturated rings. The maximum atomic E-state index is 12.3. The average Bonchev–Trinajstić information content (AvgIpc) is 2.23. The van der Waals surface area contributed by atoms with Gasteiger partial charge in [0.2, 0.25) is 0 Å². The number of rotatable bonds is 5. The van der Waals surface area contributed by atoms with Gasteiger partial charge < -0.3 is 14.5 Å². The quantitative estimate of drug-likeness (QED) is 0.791. The van der Waals surface area contributed by atoms with Gasteiger partial charge >= 0.3 is 12.1 Å². The normalized spacial score (nSPS) is 13.8. The van der Waals surface area contributed by atoms with Crippen LogP contribution in [0.5, 0.6) is 0 Å². The molecule has 0 spiro atoms. The minimum absolute atomic E-state index is 0.0586. The second-order valence-electron chi connectivity index (χ2n) is 6.77. The monoisotopic (exact) mass is 303 g/mol. The fraction of sp³-hybridized carbons (Fsp3) is 0.857. The van der Waals surface area contributed by atoms with E-state index in [2.05, 4.69) is 26.1 Å². The number of carbonyl (C=O) groups excluding carboxylic acids is 2. The van der Waals surface area contributed by atoms with Gasteiger partial charge in [0.25, 0.3) is 8.32 Å². The first-order chi connectivity index (χ1) is 8.92. The van der Waals surface area contributed by atoms with Crippen LogP contribution in [0.1, 0.15) is 41.5 Å². The number of nitrogens with one attached hydrogen (secondary N) is 1. The van der Waals surface area contributed by atoms with Crippen LogP contribution in [0.2, 0.25) is 18.1 Å². The maximum absolute atomic E-state index is 12.3. The predicted octanol–water partition coefficient (Wildman–Crippen LogP) is 3.31. The van der Waals surface area contributed by atoms with Crippen molar-refractivity contribution in [2.24, 2.45) is 5.92 Å². The van der Waals surface area contributed by atoms with Crippen LogP contribution in [-0.4, -0.2) is 33.0 Å². The molecule has 0 aliphatic heterocycles. The highest BCUT2D eigenvalue weighted by atomic mass is 28.4. The molecule has 1 unspecified atom stereocenters. The van der Waals surface area contributed by atoms with Crippen molar-refractivity contribution in [1.29, 1.82) is 0 Å². The average molecular weight is 303 g/mol. The highest BCUT2D eigenvalue weighted by Crippen LogP contribution is 2.36. The molecule has 20 heavy (non-hydrogen) atoms. The lowest BCUT2D eigenvalue weighted by Gasteiger charge is -2.37. The molecule has 5 nitrogen and oxygen atoms in total. The summed E-state index contributed by atoms with van der Waals surface area (Å²) in [7, 11) is -2.19. The molecule has 6 heteroatoms. The van der Waals surface area contributed by atoms with Gasteiger partial charge in [-0.3, -0.25) is 4.79 Å². The SMILES string of the molecule is CCOC(=O)NC(C(=O)O[Si](C)(C)C(C)(C)C)C(C)C. The lowest BCUT2D eigenvalue weighted by atomic mass is 10.1. The first kappa shape index (κ1) is 19.0. The van der Waals surface area contributed by atoms with E-state index in [4.69, 9.17) is 9.16 Å². The molecule has 0 aromatic heterocycles. The van der Waals surface area contributed by atoms with Gasteiger partial charge in [-0.15, -0.1) is 0 Å². The minimum Gasteiger partial charge on any atom is -0.518 e. The molecular weight excluding hydrogens is 274 g/mol. The summed E-state index contributed by atoms with van der Waals surface area (Å²) in [6, 6.07) is -0.678. The highest BCUT2D eigenvalue weighted by Gasteiger charge is 2.42.